The van der Waals surface area contributed by atoms with Crippen LogP contribution < -0.4 is 5.32 Å². The highest BCUT2D eigenvalue weighted by molar-refractivity contribution is 7.17. The summed E-state index contributed by atoms with van der Waals surface area (Å²) in [5.74, 6) is -0.707. The summed E-state index contributed by atoms with van der Waals surface area (Å²) >= 11 is 13.8. The van der Waals surface area contributed by atoms with E-state index in [0.717, 1.165) is 44.1 Å². The van der Waals surface area contributed by atoms with E-state index in [1.54, 1.807) is 24.3 Å². The van der Waals surface area contributed by atoms with Crippen LogP contribution in [0, 0.1) is 0 Å². The molecule has 4 nitrogen and oxygen atoms in total. The lowest BCUT2D eigenvalue weighted by Crippen LogP contribution is -2.13. The Hall–Kier alpha value is -1.82. The summed E-state index contributed by atoms with van der Waals surface area (Å²) in [6.07, 6.45) is 8.74. The molecule has 2 aromatic rings. The van der Waals surface area contributed by atoms with E-state index in [0.29, 0.717) is 32.8 Å². The third-order valence-electron chi connectivity index (χ3n) is 4.70. The molecule has 29 heavy (non-hydrogen) atoms. The van der Waals surface area contributed by atoms with Crippen LogP contribution in [-0.2, 0) is 22.4 Å². The van der Waals surface area contributed by atoms with Crippen LogP contribution in [0.5, 0.6) is 0 Å². The number of aryl methyl sites for hydroxylation is 1. The van der Waals surface area contributed by atoms with E-state index in [4.69, 9.17) is 27.9 Å². The standard InChI is InChI=1S/C22H23Cl2NO3S/c1-2-13-28-22(27)20-15-7-4-3-5-10-18(15)29-21(20)25-19(26)12-11-14-16(23)8-6-9-17(14)24/h6,8-9,11-12H,2-5,7,10,13H2,1H3,(H,25,26)/b12-11+. The molecule has 0 unspecified atom stereocenters. The third kappa shape index (κ3) is 5.41. The number of carbonyl (C=O) groups excluding carboxylic acids is 2. The number of ether oxygens (including phenoxy) is 1. The molecule has 0 aliphatic heterocycles. The Morgan fingerprint density at radius 1 is 1.17 bits per heavy atom. The first-order chi connectivity index (χ1) is 14.0. The minimum atomic E-state index is -0.361. The van der Waals surface area contributed by atoms with Crippen LogP contribution in [0.1, 0.15) is 59.0 Å². The van der Waals surface area contributed by atoms with Crippen LogP contribution in [0.3, 0.4) is 0 Å². The molecule has 154 valence electrons. The fourth-order valence-electron chi connectivity index (χ4n) is 3.30. The summed E-state index contributed by atoms with van der Waals surface area (Å²) in [6.45, 7) is 2.32. The molecule has 0 spiro atoms. The van der Waals surface area contributed by atoms with E-state index in [-0.39, 0.29) is 11.9 Å². The molecule has 1 amide bonds. The van der Waals surface area contributed by atoms with Crippen molar-refractivity contribution < 1.29 is 14.3 Å². The van der Waals surface area contributed by atoms with Gasteiger partial charge in [0.2, 0.25) is 5.91 Å². The molecule has 1 aliphatic rings. The zero-order valence-corrected chi connectivity index (χ0v) is 18.6. The smallest absolute Gasteiger partial charge is 0.341 e. The van der Waals surface area contributed by atoms with Crippen LogP contribution >= 0.6 is 34.5 Å². The van der Waals surface area contributed by atoms with E-state index in [1.807, 2.05) is 6.92 Å². The molecule has 0 saturated heterocycles. The van der Waals surface area contributed by atoms with Gasteiger partial charge in [0.15, 0.2) is 0 Å². The third-order valence-corrected chi connectivity index (χ3v) is 6.57. The molecule has 1 N–H and O–H groups in total. The maximum Gasteiger partial charge on any atom is 0.341 e. The van der Waals surface area contributed by atoms with Crippen LogP contribution in [0.2, 0.25) is 10.0 Å². The van der Waals surface area contributed by atoms with Crippen molar-refractivity contribution in [3.05, 3.63) is 55.9 Å². The SMILES string of the molecule is CCCOC(=O)c1c(NC(=O)/C=C/c2c(Cl)cccc2Cl)sc2c1CCCCC2. The molecule has 1 aromatic carbocycles. The van der Waals surface area contributed by atoms with Gasteiger partial charge in [0.05, 0.1) is 12.2 Å². The van der Waals surface area contributed by atoms with Crippen molar-refractivity contribution >= 4 is 57.5 Å². The Labute approximate surface area is 184 Å². The number of fused-ring (bicyclic) bond motifs is 1. The Bertz CT molecular complexity index is 916. The van der Waals surface area contributed by atoms with E-state index >= 15 is 0 Å². The van der Waals surface area contributed by atoms with Gasteiger partial charge in [-0.15, -0.1) is 11.3 Å². The van der Waals surface area contributed by atoms with Crippen molar-refractivity contribution in [1.29, 1.82) is 0 Å². The summed E-state index contributed by atoms with van der Waals surface area (Å²) in [5.41, 5.74) is 2.12. The van der Waals surface area contributed by atoms with Crippen LogP contribution in [0.15, 0.2) is 24.3 Å². The predicted molar refractivity (Wildman–Crippen MR) is 120 cm³/mol. The number of hydrogen-bond acceptors (Lipinski definition) is 4. The Morgan fingerprint density at radius 3 is 2.62 bits per heavy atom. The predicted octanol–water partition coefficient (Wildman–Crippen LogP) is 6.54. The number of halogens is 2. The highest BCUT2D eigenvalue weighted by Gasteiger charge is 2.26. The first-order valence-corrected chi connectivity index (χ1v) is 11.3. The molecule has 0 fully saturated rings. The fraction of sp³-hybridized carbons (Fsp3) is 0.364. The lowest BCUT2D eigenvalue weighted by molar-refractivity contribution is -0.111. The molecular formula is C22H23Cl2NO3S. The van der Waals surface area contributed by atoms with Crippen molar-refractivity contribution in [3.63, 3.8) is 0 Å². The van der Waals surface area contributed by atoms with E-state index < -0.39 is 0 Å². The average molecular weight is 452 g/mol. The maximum absolute atomic E-state index is 12.7. The average Bonchev–Trinajstić information content (AvgIpc) is 2.86. The monoisotopic (exact) mass is 451 g/mol. The van der Waals surface area contributed by atoms with Gasteiger partial charge in [-0.3, -0.25) is 4.79 Å². The van der Waals surface area contributed by atoms with Gasteiger partial charge >= 0.3 is 5.97 Å². The molecule has 1 aromatic heterocycles. The highest BCUT2D eigenvalue weighted by Crippen LogP contribution is 2.38. The second-order valence-electron chi connectivity index (χ2n) is 6.86. The lowest BCUT2D eigenvalue weighted by atomic mass is 10.1. The summed E-state index contributed by atoms with van der Waals surface area (Å²) in [7, 11) is 0. The van der Waals surface area contributed by atoms with Gasteiger partial charge in [0.25, 0.3) is 0 Å². The maximum atomic E-state index is 12.7. The highest BCUT2D eigenvalue weighted by atomic mass is 35.5. The van der Waals surface area contributed by atoms with Gasteiger partial charge < -0.3 is 10.1 Å². The fourth-order valence-corrected chi connectivity index (χ4v) is 5.10. The van der Waals surface area contributed by atoms with Crippen molar-refractivity contribution in [2.45, 2.75) is 45.4 Å². The number of thiophene rings is 1. The molecule has 1 aliphatic carbocycles. The number of benzene rings is 1. The summed E-state index contributed by atoms with van der Waals surface area (Å²) < 4.78 is 5.39. The second-order valence-corrected chi connectivity index (χ2v) is 8.78. The lowest BCUT2D eigenvalue weighted by Gasteiger charge is -2.08. The van der Waals surface area contributed by atoms with Gasteiger partial charge in [0, 0.05) is 26.6 Å². The zero-order valence-electron chi connectivity index (χ0n) is 16.2. The van der Waals surface area contributed by atoms with Crippen LogP contribution in [0.25, 0.3) is 6.08 Å². The first-order valence-electron chi connectivity index (χ1n) is 9.76. The van der Waals surface area contributed by atoms with Gasteiger partial charge in [0.1, 0.15) is 5.00 Å². The van der Waals surface area contributed by atoms with Crippen LogP contribution in [-0.4, -0.2) is 18.5 Å². The molecule has 7 heteroatoms. The first kappa shape index (κ1) is 21.9. The molecule has 0 radical (unpaired) electrons. The van der Waals surface area contributed by atoms with Crippen LogP contribution in [0.4, 0.5) is 5.00 Å². The number of anilines is 1. The Morgan fingerprint density at radius 2 is 1.90 bits per heavy atom. The molecule has 3 rings (SSSR count). The van der Waals surface area contributed by atoms with Gasteiger partial charge in [-0.1, -0.05) is 42.6 Å². The summed E-state index contributed by atoms with van der Waals surface area (Å²) in [4.78, 5) is 26.4. The summed E-state index contributed by atoms with van der Waals surface area (Å²) in [6, 6.07) is 5.17. The number of amides is 1. The second kappa shape index (κ2) is 10.3. The number of nitrogens with one attached hydrogen (secondary N) is 1. The molecular weight excluding hydrogens is 429 g/mol. The van der Waals surface area contributed by atoms with Gasteiger partial charge in [-0.05, 0) is 55.9 Å². The normalized spacial score (nSPS) is 13.8. The van der Waals surface area contributed by atoms with Crippen molar-refractivity contribution in [2.75, 3.05) is 11.9 Å². The number of esters is 1. The van der Waals surface area contributed by atoms with E-state index in [2.05, 4.69) is 5.32 Å². The summed E-state index contributed by atoms with van der Waals surface area (Å²) in [5, 5.41) is 4.35. The zero-order chi connectivity index (χ0) is 20.8. The molecule has 0 atom stereocenters. The van der Waals surface area contributed by atoms with Crippen molar-refractivity contribution in [3.8, 4) is 0 Å². The molecule has 0 saturated carbocycles. The van der Waals surface area contributed by atoms with Gasteiger partial charge in [-0.25, -0.2) is 4.79 Å². The molecule has 1 heterocycles. The Kier molecular flexibility index (Phi) is 7.76. The topological polar surface area (TPSA) is 55.4 Å². The Balaban J connectivity index is 1.85. The van der Waals surface area contributed by atoms with E-state index in [1.165, 1.54) is 22.3 Å². The van der Waals surface area contributed by atoms with Gasteiger partial charge in [-0.2, -0.15) is 0 Å². The molecule has 0 bridgehead atoms. The number of hydrogen-bond donors (Lipinski definition) is 1. The minimum Gasteiger partial charge on any atom is -0.462 e. The van der Waals surface area contributed by atoms with Crippen molar-refractivity contribution in [1.82, 2.24) is 0 Å². The number of rotatable bonds is 6. The largest absolute Gasteiger partial charge is 0.462 e. The quantitative estimate of drug-likeness (QED) is 0.308. The van der Waals surface area contributed by atoms with Crippen molar-refractivity contribution in [2.24, 2.45) is 0 Å². The van der Waals surface area contributed by atoms with E-state index in [9.17, 15) is 9.59 Å². The minimum absolute atomic E-state index is 0.345. The number of carbonyl (C=O) groups is 2.